The molecule has 2 rings (SSSR count). The number of nitrogens with one attached hydrogen (secondary N) is 1. The summed E-state index contributed by atoms with van der Waals surface area (Å²) in [5.74, 6) is -3.24. The predicted molar refractivity (Wildman–Crippen MR) is 137 cm³/mol. The smallest absolute Gasteiger partial charge is 0.333 e. The van der Waals surface area contributed by atoms with Crippen molar-refractivity contribution in [1.29, 1.82) is 0 Å². The number of hydroxylamine groups is 4. The molecule has 0 unspecified atom stereocenters. The molecule has 0 saturated carbocycles. The van der Waals surface area contributed by atoms with E-state index in [2.05, 4.69) is 5.32 Å². The highest BCUT2D eigenvalue weighted by Gasteiger charge is 2.33. The van der Waals surface area contributed by atoms with E-state index in [-0.39, 0.29) is 50.2 Å². The highest BCUT2D eigenvalue weighted by Crippen LogP contribution is 2.15. The summed E-state index contributed by atoms with van der Waals surface area (Å²) < 4.78 is 0. The molecule has 0 radical (unpaired) electrons. The largest absolute Gasteiger partial charge is 0.356 e. The number of ketones is 1. The highest BCUT2D eigenvalue weighted by molar-refractivity contribution is 6.02. The van der Waals surface area contributed by atoms with Crippen LogP contribution in [0.15, 0.2) is 0 Å². The first-order valence-corrected chi connectivity index (χ1v) is 14.1. The van der Waals surface area contributed by atoms with Crippen molar-refractivity contribution in [2.24, 2.45) is 0 Å². The van der Waals surface area contributed by atoms with Crippen LogP contribution >= 0.6 is 0 Å². The molecule has 0 bridgehead atoms. The van der Waals surface area contributed by atoms with Crippen LogP contribution in [0.25, 0.3) is 0 Å². The van der Waals surface area contributed by atoms with Gasteiger partial charge in [-0.1, -0.05) is 19.3 Å². The maximum Gasteiger partial charge on any atom is 0.333 e. The molecule has 0 aliphatic carbocycles. The van der Waals surface area contributed by atoms with Crippen molar-refractivity contribution in [2.45, 2.75) is 116 Å². The summed E-state index contributed by atoms with van der Waals surface area (Å²) in [7, 11) is 0. The second kappa shape index (κ2) is 17.9. The molecule has 2 aliphatic rings. The van der Waals surface area contributed by atoms with Crippen molar-refractivity contribution in [3.63, 3.8) is 0 Å². The molecule has 2 heterocycles. The number of carbonyl (C=O) groups excluding carboxylic acids is 8. The topological polar surface area (TPSA) is 174 Å². The van der Waals surface area contributed by atoms with Crippen LogP contribution in [0.5, 0.6) is 0 Å². The average molecular weight is 566 g/mol. The van der Waals surface area contributed by atoms with E-state index in [0.29, 0.717) is 68.0 Å². The molecular formula is C27H39N3O10. The fourth-order valence-corrected chi connectivity index (χ4v) is 4.18. The van der Waals surface area contributed by atoms with Gasteiger partial charge in [0, 0.05) is 64.3 Å². The number of hydrogen-bond acceptors (Lipinski definition) is 10. The van der Waals surface area contributed by atoms with Crippen LogP contribution in [-0.4, -0.2) is 63.9 Å². The van der Waals surface area contributed by atoms with Gasteiger partial charge >= 0.3 is 11.9 Å². The average Bonchev–Trinajstić information content (AvgIpc) is 3.40. The summed E-state index contributed by atoms with van der Waals surface area (Å²) in [5, 5.41) is 3.90. The lowest BCUT2D eigenvalue weighted by Gasteiger charge is -2.12. The van der Waals surface area contributed by atoms with E-state index in [9.17, 15) is 38.4 Å². The number of imide groups is 2. The number of amides is 5. The summed E-state index contributed by atoms with van der Waals surface area (Å²) in [6.45, 7) is 0.498. The third kappa shape index (κ3) is 12.5. The van der Waals surface area contributed by atoms with Gasteiger partial charge in [0.05, 0.1) is 0 Å². The van der Waals surface area contributed by atoms with Crippen molar-refractivity contribution < 1.29 is 48.0 Å². The van der Waals surface area contributed by atoms with Gasteiger partial charge in [-0.15, -0.1) is 10.1 Å². The molecule has 0 aromatic carbocycles. The van der Waals surface area contributed by atoms with Crippen LogP contribution in [0.2, 0.25) is 0 Å². The van der Waals surface area contributed by atoms with Gasteiger partial charge in [-0.3, -0.25) is 28.8 Å². The van der Waals surface area contributed by atoms with Crippen molar-refractivity contribution in [1.82, 2.24) is 15.4 Å². The minimum Gasteiger partial charge on any atom is -0.356 e. The number of unbranched alkanes of at least 4 members (excludes halogenated alkanes) is 6. The van der Waals surface area contributed by atoms with E-state index in [1.807, 2.05) is 0 Å². The Hall–Kier alpha value is -3.64. The fourth-order valence-electron chi connectivity index (χ4n) is 4.18. The molecule has 0 aromatic rings. The number of hydrogen-bond donors (Lipinski definition) is 1. The molecule has 0 spiro atoms. The Balaban J connectivity index is 1.35. The molecule has 1 N–H and O–H groups in total. The van der Waals surface area contributed by atoms with Crippen LogP contribution in [0, 0.1) is 0 Å². The quantitative estimate of drug-likeness (QED) is 0.170. The van der Waals surface area contributed by atoms with Crippen molar-refractivity contribution >= 4 is 47.3 Å². The summed E-state index contributed by atoms with van der Waals surface area (Å²) in [6.07, 6.45) is 7.58. The Bertz CT molecular complexity index is 932. The molecule has 222 valence electrons. The molecule has 0 atom stereocenters. The van der Waals surface area contributed by atoms with Gasteiger partial charge in [-0.25, -0.2) is 9.59 Å². The Kier molecular flexibility index (Phi) is 14.5. The van der Waals surface area contributed by atoms with Crippen molar-refractivity contribution in [3.05, 3.63) is 0 Å². The lowest BCUT2D eigenvalue weighted by molar-refractivity contribution is -0.197. The summed E-state index contributed by atoms with van der Waals surface area (Å²) in [4.78, 5) is 103. The van der Waals surface area contributed by atoms with Gasteiger partial charge < -0.3 is 15.0 Å². The standard InChI is InChI=1S/C27H39N3O10/c31-20(11-7-8-14-27(38)40-30-24(35)17-18-25(30)36)10-4-1-2-5-12-21(32)28-19-9-3-6-13-26(37)39-29-22(33)15-16-23(29)34/h1-19H2,(H,28,32). The van der Waals surface area contributed by atoms with E-state index in [0.717, 1.165) is 25.7 Å². The van der Waals surface area contributed by atoms with E-state index in [4.69, 9.17) is 9.68 Å². The maximum absolute atomic E-state index is 12.0. The number of Topliss-reactive ketones (excluding diaryl/α,β-unsaturated/α-hetero) is 1. The van der Waals surface area contributed by atoms with Gasteiger partial charge in [-0.2, -0.15) is 0 Å². The third-order valence-electron chi connectivity index (χ3n) is 6.47. The first kappa shape index (κ1) is 32.6. The minimum atomic E-state index is -0.658. The summed E-state index contributed by atoms with van der Waals surface area (Å²) >= 11 is 0. The zero-order chi connectivity index (χ0) is 29.3. The van der Waals surface area contributed by atoms with Crippen LogP contribution in [0.3, 0.4) is 0 Å². The SMILES string of the molecule is O=C(CCCCCCC(=O)NCCCCCC(=O)ON1C(=O)CCC1=O)CCCCC(=O)ON1C(=O)CCC1=O. The van der Waals surface area contributed by atoms with Crippen LogP contribution in [0.1, 0.15) is 116 Å². The Morgan fingerprint density at radius 2 is 0.900 bits per heavy atom. The summed E-state index contributed by atoms with van der Waals surface area (Å²) in [5.41, 5.74) is 0. The van der Waals surface area contributed by atoms with Crippen molar-refractivity contribution in [3.8, 4) is 0 Å². The highest BCUT2D eigenvalue weighted by atomic mass is 16.7. The summed E-state index contributed by atoms with van der Waals surface area (Å²) in [6, 6.07) is 0. The van der Waals surface area contributed by atoms with E-state index < -0.39 is 35.6 Å². The molecule has 40 heavy (non-hydrogen) atoms. The Morgan fingerprint density at radius 3 is 1.40 bits per heavy atom. The van der Waals surface area contributed by atoms with Gasteiger partial charge in [-0.05, 0) is 38.5 Å². The van der Waals surface area contributed by atoms with Gasteiger partial charge in [0.2, 0.25) is 5.91 Å². The van der Waals surface area contributed by atoms with Gasteiger partial charge in [0.15, 0.2) is 0 Å². The fraction of sp³-hybridized carbons (Fsp3) is 0.704. The monoisotopic (exact) mass is 565 g/mol. The third-order valence-corrected chi connectivity index (χ3v) is 6.47. The van der Waals surface area contributed by atoms with Crippen LogP contribution in [-0.2, 0) is 48.0 Å². The molecule has 2 fully saturated rings. The maximum atomic E-state index is 12.0. The lowest BCUT2D eigenvalue weighted by Crippen LogP contribution is -2.31. The molecule has 13 heteroatoms. The zero-order valence-corrected chi connectivity index (χ0v) is 22.9. The van der Waals surface area contributed by atoms with Gasteiger partial charge in [0.1, 0.15) is 5.78 Å². The second-order valence-electron chi connectivity index (χ2n) is 9.91. The molecule has 0 aromatic heterocycles. The Morgan fingerprint density at radius 1 is 0.525 bits per heavy atom. The number of carbonyl (C=O) groups is 8. The van der Waals surface area contributed by atoms with E-state index >= 15 is 0 Å². The normalized spacial score (nSPS) is 15.1. The lowest BCUT2D eigenvalue weighted by atomic mass is 10.0. The van der Waals surface area contributed by atoms with Crippen LogP contribution < -0.4 is 5.32 Å². The number of rotatable bonds is 20. The first-order chi connectivity index (χ1) is 19.2. The second-order valence-corrected chi connectivity index (χ2v) is 9.91. The Labute approximate surface area is 233 Å². The zero-order valence-electron chi connectivity index (χ0n) is 22.9. The number of nitrogens with zero attached hydrogens (tertiary/aromatic N) is 2. The van der Waals surface area contributed by atoms with E-state index in [1.165, 1.54) is 0 Å². The molecule has 13 nitrogen and oxygen atoms in total. The molecule has 5 amide bonds. The van der Waals surface area contributed by atoms with Crippen LogP contribution in [0.4, 0.5) is 0 Å². The molecular weight excluding hydrogens is 526 g/mol. The first-order valence-electron chi connectivity index (χ1n) is 14.1. The van der Waals surface area contributed by atoms with E-state index in [1.54, 1.807) is 0 Å². The molecule has 2 aliphatic heterocycles. The predicted octanol–water partition coefficient (Wildman–Crippen LogP) is 2.35. The van der Waals surface area contributed by atoms with Crippen molar-refractivity contribution in [2.75, 3.05) is 6.54 Å². The molecule has 2 saturated heterocycles. The van der Waals surface area contributed by atoms with Gasteiger partial charge in [0.25, 0.3) is 23.6 Å². The minimum absolute atomic E-state index is 0.0340.